The van der Waals surface area contributed by atoms with E-state index in [2.05, 4.69) is 5.32 Å². The number of nitrogens with zero attached hydrogens (tertiary/aromatic N) is 1. The van der Waals surface area contributed by atoms with Crippen LogP contribution in [0.25, 0.3) is 0 Å². The first-order valence-electron chi connectivity index (χ1n) is 8.42. The SMILES string of the molecule is Cc1ccc(NC(=O)CN(C(=O)c2ccccc2)c2ccccc2)cc1. The number of hydrogen-bond donors (Lipinski definition) is 1. The monoisotopic (exact) mass is 344 g/mol. The van der Waals surface area contributed by atoms with Crippen LogP contribution < -0.4 is 10.2 Å². The van der Waals surface area contributed by atoms with Crippen LogP contribution in [0.15, 0.2) is 84.9 Å². The summed E-state index contributed by atoms with van der Waals surface area (Å²) in [5, 5.41) is 2.84. The van der Waals surface area contributed by atoms with Crippen molar-refractivity contribution in [1.29, 1.82) is 0 Å². The van der Waals surface area contributed by atoms with Gasteiger partial charge in [0.25, 0.3) is 5.91 Å². The summed E-state index contributed by atoms with van der Waals surface area (Å²) in [5.74, 6) is -0.460. The van der Waals surface area contributed by atoms with E-state index in [1.165, 1.54) is 4.90 Å². The maximum Gasteiger partial charge on any atom is 0.258 e. The van der Waals surface area contributed by atoms with Gasteiger partial charge in [-0.3, -0.25) is 14.5 Å². The highest BCUT2D eigenvalue weighted by molar-refractivity contribution is 6.10. The van der Waals surface area contributed by atoms with Crippen molar-refractivity contribution < 1.29 is 9.59 Å². The van der Waals surface area contributed by atoms with E-state index in [0.717, 1.165) is 5.56 Å². The van der Waals surface area contributed by atoms with E-state index < -0.39 is 0 Å². The number of carbonyl (C=O) groups excluding carboxylic acids is 2. The van der Waals surface area contributed by atoms with Crippen LogP contribution in [0.5, 0.6) is 0 Å². The molecule has 0 fully saturated rings. The highest BCUT2D eigenvalue weighted by Crippen LogP contribution is 2.17. The summed E-state index contributed by atoms with van der Waals surface area (Å²) >= 11 is 0. The summed E-state index contributed by atoms with van der Waals surface area (Å²) in [6, 6.07) is 25.7. The molecule has 26 heavy (non-hydrogen) atoms. The van der Waals surface area contributed by atoms with Crippen LogP contribution in [-0.4, -0.2) is 18.4 Å². The van der Waals surface area contributed by atoms with Crippen molar-refractivity contribution in [1.82, 2.24) is 0 Å². The lowest BCUT2D eigenvalue weighted by Crippen LogP contribution is -2.38. The van der Waals surface area contributed by atoms with Gasteiger partial charge in [0.2, 0.25) is 5.91 Å². The minimum absolute atomic E-state index is 0.0639. The van der Waals surface area contributed by atoms with E-state index in [9.17, 15) is 9.59 Å². The molecule has 0 spiro atoms. The van der Waals surface area contributed by atoms with Crippen LogP contribution in [0, 0.1) is 6.92 Å². The van der Waals surface area contributed by atoms with E-state index in [1.54, 1.807) is 12.1 Å². The second-order valence-corrected chi connectivity index (χ2v) is 6.01. The van der Waals surface area contributed by atoms with Crippen molar-refractivity contribution in [3.05, 3.63) is 96.1 Å². The van der Waals surface area contributed by atoms with Gasteiger partial charge in [0.15, 0.2) is 0 Å². The van der Waals surface area contributed by atoms with Gasteiger partial charge in [0.05, 0.1) is 0 Å². The minimum atomic E-state index is -0.248. The van der Waals surface area contributed by atoms with Gasteiger partial charge in [-0.05, 0) is 43.3 Å². The lowest BCUT2D eigenvalue weighted by Gasteiger charge is -2.22. The molecule has 0 atom stereocenters. The zero-order chi connectivity index (χ0) is 18.4. The van der Waals surface area contributed by atoms with Gasteiger partial charge in [0.1, 0.15) is 6.54 Å². The van der Waals surface area contributed by atoms with Gasteiger partial charge in [-0.1, -0.05) is 54.1 Å². The quantitative estimate of drug-likeness (QED) is 0.751. The van der Waals surface area contributed by atoms with Gasteiger partial charge in [0, 0.05) is 16.9 Å². The molecule has 2 amide bonds. The average Bonchev–Trinajstić information content (AvgIpc) is 2.69. The van der Waals surface area contributed by atoms with Gasteiger partial charge >= 0.3 is 0 Å². The zero-order valence-electron chi connectivity index (χ0n) is 14.6. The Labute approximate surface area is 153 Å². The molecule has 0 saturated carbocycles. The smallest absolute Gasteiger partial charge is 0.258 e. The number of hydrogen-bond acceptors (Lipinski definition) is 2. The summed E-state index contributed by atoms with van der Waals surface area (Å²) in [6.07, 6.45) is 0. The Kier molecular flexibility index (Phi) is 5.44. The molecule has 3 aromatic carbocycles. The third-order valence-electron chi connectivity index (χ3n) is 3.97. The van der Waals surface area contributed by atoms with E-state index in [0.29, 0.717) is 16.9 Å². The fraction of sp³-hybridized carbons (Fsp3) is 0.0909. The number of nitrogens with one attached hydrogen (secondary N) is 1. The summed E-state index contributed by atoms with van der Waals surface area (Å²) in [6.45, 7) is 1.92. The lowest BCUT2D eigenvalue weighted by molar-refractivity contribution is -0.114. The van der Waals surface area contributed by atoms with E-state index >= 15 is 0 Å². The standard InChI is InChI=1S/C22H20N2O2/c1-17-12-14-19(15-13-17)23-21(25)16-24(20-10-6-3-7-11-20)22(26)18-8-4-2-5-9-18/h2-15H,16H2,1H3,(H,23,25). The van der Waals surface area contributed by atoms with Crippen molar-refractivity contribution >= 4 is 23.2 Å². The highest BCUT2D eigenvalue weighted by atomic mass is 16.2. The second-order valence-electron chi connectivity index (χ2n) is 6.01. The number of carbonyl (C=O) groups is 2. The number of rotatable bonds is 5. The first-order chi connectivity index (χ1) is 12.6. The lowest BCUT2D eigenvalue weighted by atomic mass is 10.1. The maximum absolute atomic E-state index is 12.9. The van der Waals surface area contributed by atoms with Crippen LogP contribution in [0.1, 0.15) is 15.9 Å². The zero-order valence-corrected chi connectivity index (χ0v) is 14.6. The van der Waals surface area contributed by atoms with Crippen molar-refractivity contribution in [2.75, 3.05) is 16.8 Å². The molecule has 3 aromatic rings. The molecule has 4 heteroatoms. The molecule has 1 N–H and O–H groups in total. The molecule has 0 bridgehead atoms. The molecular weight excluding hydrogens is 324 g/mol. The highest BCUT2D eigenvalue weighted by Gasteiger charge is 2.20. The Balaban J connectivity index is 1.80. The Morgan fingerprint density at radius 1 is 0.808 bits per heavy atom. The number of aryl methyl sites for hydroxylation is 1. The first kappa shape index (κ1) is 17.4. The third-order valence-corrected chi connectivity index (χ3v) is 3.97. The van der Waals surface area contributed by atoms with Gasteiger partial charge in [-0.2, -0.15) is 0 Å². The van der Waals surface area contributed by atoms with Crippen molar-refractivity contribution in [3.8, 4) is 0 Å². The van der Waals surface area contributed by atoms with Gasteiger partial charge in [-0.15, -0.1) is 0 Å². The molecule has 0 unspecified atom stereocenters. The molecule has 0 saturated heterocycles. The molecule has 0 aliphatic heterocycles. The molecule has 0 aliphatic rings. The molecule has 0 aliphatic carbocycles. The van der Waals surface area contributed by atoms with Crippen LogP contribution in [-0.2, 0) is 4.79 Å². The molecule has 130 valence electrons. The molecule has 3 rings (SSSR count). The number of benzene rings is 3. The normalized spacial score (nSPS) is 10.2. The van der Waals surface area contributed by atoms with Crippen molar-refractivity contribution in [2.24, 2.45) is 0 Å². The Bertz CT molecular complexity index is 875. The minimum Gasteiger partial charge on any atom is -0.325 e. The summed E-state index contributed by atoms with van der Waals surface area (Å²) in [7, 11) is 0. The van der Waals surface area contributed by atoms with Crippen LogP contribution >= 0.6 is 0 Å². The van der Waals surface area contributed by atoms with E-state index in [-0.39, 0.29) is 18.4 Å². The largest absolute Gasteiger partial charge is 0.325 e. The first-order valence-corrected chi connectivity index (χ1v) is 8.42. The third kappa shape index (κ3) is 4.36. The molecule has 0 radical (unpaired) electrons. The second kappa shape index (κ2) is 8.12. The number of para-hydroxylation sites is 1. The van der Waals surface area contributed by atoms with Crippen molar-refractivity contribution in [3.63, 3.8) is 0 Å². The Morgan fingerprint density at radius 2 is 1.38 bits per heavy atom. The van der Waals surface area contributed by atoms with E-state index in [4.69, 9.17) is 0 Å². The summed E-state index contributed by atoms with van der Waals surface area (Å²) in [5.41, 5.74) is 3.05. The number of amides is 2. The molecular formula is C22H20N2O2. The fourth-order valence-electron chi connectivity index (χ4n) is 2.61. The summed E-state index contributed by atoms with van der Waals surface area (Å²) in [4.78, 5) is 26.9. The van der Waals surface area contributed by atoms with Gasteiger partial charge < -0.3 is 5.32 Å². The Morgan fingerprint density at radius 3 is 2.00 bits per heavy atom. The average molecular weight is 344 g/mol. The van der Waals surface area contributed by atoms with Gasteiger partial charge in [-0.25, -0.2) is 0 Å². The van der Waals surface area contributed by atoms with Crippen LogP contribution in [0.3, 0.4) is 0 Å². The Hall–Kier alpha value is -3.40. The maximum atomic E-state index is 12.9. The molecule has 0 aromatic heterocycles. The van der Waals surface area contributed by atoms with Crippen molar-refractivity contribution in [2.45, 2.75) is 6.92 Å². The van der Waals surface area contributed by atoms with Crippen LogP contribution in [0.4, 0.5) is 11.4 Å². The topological polar surface area (TPSA) is 49.4 Å². The molecule has 0 heterocycles. The van der Waals surface area contributed by atoms with E-state index in [1.807, 2.05) is 79.7 Å². The molecule has 4 nitrogen and oxygen atoms in total. The summed E-state index contributed by atoms with van der Waals surface area (Å²) < 4.78 is 0. The predicted octanol–water partition coefficient (Wildman–Crippen LogP) is 4.28. The van der Waals surface area contributed by atoms with Crippen LogP contribution in [0.2, 0.25) is 0 Å². The fourth-order valence-corrected chi connectivity index (χ4v) is 2.61. The number of anilines is 2. The predicted molar refractivity (Wildman–Crippen MR) is 104 cm³/mol.